The van der Waals surface area contributed by atoms with Gasteiger partial charge < -0.3 is 11.1 Å². The lowest BCUT2D eigenvalue weighted by Crippen LogP contribution is -2.14. The van der Waals surface area contributed by atoms with E-state index >= 15 is 0 Å². The molecule has 3 N–H and O–H groups in total. The van der Waals surface area contributed by atoms with Crippen molar-refractivity contribution in [2.24, 2.45) is 11.7 Å². The zero-order chi connectivity index (χ0) is 13.0. The number of rotatable bonds is 5. The van der Waals surface area contributed by atoms with Crippen molar-refractivity contribution in [2.45, 2.75) is 32.1 Å². The molecule has 0 saturated heterocycles. The van der Waals surface area contributed by atoms with Crippen molar-refractivity contribution < 1.29 is 0 Å². The molecule has 0 unspecified atom stereocenters. The summed E-state index contributed by atoms with van der Waals surface area (Å²) in [5, 5.41) is 3.46. The summed E-state index contributed by atoms with van der Waals surface area (Å²) in [6.07, 6.45) is 6.83. The average Bonchev–Trinajstić information content (AvgIpc) is 2.82. The number of halogens is 1. The molecule has 2 nitrogen and oxygen atoms in total. The summed E-state index contributed by atoms with van der Waals surface area (Å²) in [4.78, 5) is 0.450. The van der Waals surface area contributed by atoms with Gasteiger partial charge in [-0.2, -0.15) is 0 Å². The van der Waals surface area contributed by atoms with Gasteiger partial charge in [-0.1, -0.05) is 53.8 Å². The lowest BCUT2D eigenvalue weighted by atomic mass is 10.0. The van der Waals surface area contributed by atoms with E-state index < -0.39 is 0 Å². The Morgan fingerprint density at radius 2 is 2.11 bits per heavy atom. The van der Waals surface area contributed by atoms with Crippen molar-refractivity contribution in [3.05, 3.63) is 28.2 Å². The highest BCUT2D eigenvalue weighted by Gasteiger charge is 2.14. The van der Waals surface area contributed by atoms with Crippen LogP contribution in [0.4, 0.5) is 5.69 Å². The SMILES string of the molecule is NC(=S)c1ccc(Br)cc1NCCC1CCCC1. The summed E-state index contributed by atoms with van der Waals surface area (Å²) in [5.41, 5.74) is 7.70. The number of nitrogens with two attached hydrogens (primary N) is 1. The minimum Gasteiger partial charge on any atom is -0.389 e. The van der Waals surface area contributed by atoms with Gasteiger partial charge in [0.25, 0.3) is 0 Å². The molecule has 0 atom stereocenters. The second-order valence-electron chi connectivity index (χ2n) is 4.92. The third kappa shape index (κ3) is 3.69. The van der Waals surface area contributed by atoms with Gasteiger partial charge in [0, 0.05) is 22.3 Å². The van der Waals surface area contributed by atoms with Crippen LogP contribution in [0.25, 0.3) is 0 Å². The summed E-state index contributed by atoms with van der Waals surface area (Å²) >= 11 is 8.55. The highest BCUT2D eigenvalue weighted by atomic mass is 79.9. The first-order valence-electron chi connectivity index (χ1n) is 6.50. The van der Waals surface area contributed by atoms with Gasteiger partial charge in [-0.25, -0.2) is 0 Å². The van der Waals surface area contributed by atoms with Crippen molar-refractivity contribution in [1.29, 1.82) is 0 Å². The molecule has 1 aromatic carbocycles. The first-order valence-corrected chi connectivity index (χ1v) is 7.70. The van der Waals surface area contributed by atoms with Crippen molar-refractivity contribution in [3.8, 4) is 0 Å². The summed E-state index contributed by atoms with van der Waals surface area (Å²) in [6.45, 7) is 0.997. The van der Waals surface area contributed by atoms with Gasteiger partial charge in [-0.15, -0.1) is 0 Å². The van der Waals surface area contributed by atoms with Crippen LogP contribution in [-0.2, 0) is 0 Å². The second-order valence-corrected chi connectivity index (χ2v) is 6.28. The molecule has 98 valence electrons. The van der Waals surface area contributed by atoms with E-state index in [2.05, 4.69) is 21.2 Å². The molecule has 0 aliphatic heterocycles. The minimum atomic E-state index is 0.450. The van der Waals surface area contributed by atoms with E-state index in [1.165, 1.54) is 32.1 Å². The first-order chi connectivity index (χ1) is 8.66. The van der Waals surface area contributed by atoms with Crippen molar-refractivity contribution in [2.75, 3.05) is 11.9 Å². The summed E-state index contributed by atoms with van der Waals surface area (Å²) in [6, 6.07) is 5.98. The molecule has 1 aromatic rings. The fourth-order valence-corrected chi connectivity index (χ4v) is 3.13. The molecule has 0 spiro atoms. The van der Waals surface area contributed by atoms with Crippen LogP contribution in [0.15, 0.2) is 22.7 Å². The zero-order valence-electron chi connectivity index (χ0n) is 10.4. The minimum absolute atomic E-state index is 0.450. The molecule has 0 bridgehead atoms. The second kappa shape index (κ2) is 6.53. The topological polar surface area (TPSA) is 38.0 Å². The monoisotopic (exact) mass is 326 g/mol. The highest BCUT2D eigenvalue weighted by molar-refractivity contribution is 9.10. The van der Waals surface area contributed by atoms with Crippen LogP contribution in [0.3, 0.4) is 0 Å². The van der Waals surface area contributed by atoms with Crippen molar-refractivity contribution in [3.63, 3.8) is 0 Å². The van der Waals surface area contributed by atoms with Gasteiger partial charge >= 0.3 is 0 Å². The van der Waals surface area contributed by atoms with Crippen LogP contribution in [0.2, 0.25) is 0 Å². The first kappa shape index (κ1) is 13.8. The molecule has 0 radical (unpaired) electrons. The van der Waals surface area contributed by atoms with E-state index in [0.29, 0.717) is 4.99 Å². The van der Waals surface area contributed by atoms with Crippen LogP contribution in [0.1, 0.15) is 37.7 Å². The summed E-state index contributed by atoms with van der Waals surface area (Å²) in [7, 11) is 0. The number of benzene rings is 1. The van der Waals surface area contributed by atoms with Crippen molar-refractivity contribution >= 4 is 38.8 Å². The fourth-order valence-electron chi connectivity index (χ4n) is 2.59. The molecule has 0 heterocycles. The molecule has 1 aliphatic carbocycles. The van der Waals surface area contributed by atoms with Gasteiger partial charge in [-0.3, -0.25) is 0 Å². The molecule has 1 fully saturated rings. The number of hydrogen-bond donors (Lipinski definition) is 2. The lowest BCUT2D eigenvalue weighted by molar-refractivity contribution is 0.518. The quantitative estimate of drug-likeness (QED) is 0.801. The maximum absolute atomic E-state index is 5.73. The van der Waals surface area contributed by atoms with Crippen LogP contribution >= 0.6 is 28.1 Å². The van der Waals surface area contributed by atoms with Gasteiger partial charge in [0.1, 0.15) is 4.99 Å². The molecule has 0 aromatic heterocycles. The predicted octanol–water partition coefficient (Wildman–Crippen LogP) is 4.08. The van der Waals surface area contributed by atoms with Gasteiger partial charge in [0.05, 0.1) is 0 Å². The number of anilines is 1. The number of nitrogens with one attached hydrogen (secondary N) is 1. The Morgan fingerprint density at radius 3 is 2.78 bits per heavy atom. The predicted molar refractivity (Wildman–Crippen MR) is 85.1 cm³/mol. The molecular formula is C14H19BrN2S. The largest absolute Gasteiger partial charge is 0.389 e. The standard InChI is InChI=1S/C14H19BrN2S/c15-11-5-6-12(14(16)18)13(9-11)17-8-7-10-3-1-2-4-10/h5-6,9-10,17H,1-4,7-8H2,(H2,16,18). The third-order valence-corrected chi connectivity index (χ3v) is 4.30. The number of thiocarbonyl (C=S) groups is 1. The lowest BCUT2D eigenvalue weighted by Gasteiger charge is -2.14. The van der Waals surface area contributed by atoms with Gasteiger partial charge in [-0.05, 0) is 30.5 Å². The van der Waals surface area contributed by atoms with Gasteiger partial charge in [0.2, 0.25) is 0 Å². The van der Waals surface area contributed by atoms with E-state index in [-0.39, 0.29) is 0 Å². The molecule has 1 saturated carbocycles. The zero-order valence-corrected chi connectivity index (χ0v) is 12.8. The molecule has 2 rings (SSSR count). The molecule has 1 aliphatic rings. The van der Waals surface area contributed by atoms with Crippen LogP contribution in [0.5, 0.6) is 0 Å². The van der Waals surface area contributed by atoms with E-state index in [1.54, 1.807) is 0 Å². The molecular weight excluding hydrogens is 308 g/mol. The van der Waals surface area contributed by atoms with Crippen LogP contribution < -0.4 is 11.1 Å². The highest BCUT2D eigenvalue weighted by Crippen LogP contribution is 2.28. The Labute approximate surface area is 122 Å². The van der Waals surface area contributed by atoms with E-state index in [9.17, 15) is 0 Å². The maximum Gasteiger partial charge on any atom is 0.106 e. The maximum atomic E-state index is 5.73. The Balaban J connectivity index is 1.94. The summed E-state index contributed by atoms with van der Waals surface area (Å²) in [5.74, 6) is 0.901. The number of hydrogen-bond acceptors (Lipinski definition) is 2. The fraction of sp³-hybridized carbons (Fsp3) is 0.500. The van der Waals surface area contributed by atoms with E-state index in [4.69, 9.17) is 18.0 Å². The Kier molecular flexibility index (Phi) is 5.01. The third-order valence-electron chi connectivity index (χ3n) is 3.59. The normalized spacial score (nSPS) is 15.8. The smallest absolute Gasteiger partial charge is 0.106 e. The Morgan fingerprint density at radius 1 is 1.39 bits per heavy atom. The average molecular weight is 327 g/mol. The molecule has 4 heteroatoms. The van der Waals surface area contributed by atoms with E-state index in [1.807, 2.05) is 18.2 Å². The van der Waals surface area contributed by atoms with Crippen LogP contribution in [0, 0.1) is 5.92 Å². The van der Waals surface area contributed by atoms with Gasteiger partial charge in [0.15, 0.2) is 0 Å². The molecule has 18 heavy (non-hydrogen) atoms. The molecule has 0 amide bonds. The van der Waals surface area contributed by atoms with Crippen molar-refractivity contribution in [1.82, 2.24) is 0 Å². The Bertz CT molecular complexity index is 428. The Hall–Kier alpha value is -0.610. The van der Waals surface area contributed by atoms with Crippen LogP contribution in [-0.4, -0.2) is 11.5 Å². The summed E-state index contributed by atoms with van der Waals surface area (Å²) < 4.78 is 1.05. The van der Waals surface area contributed by atoms with E-state index in [0.717, 1.165) is 28.2 Å².